The summed E-state index contributed by atoms with van der Waals surface area (Å²) in [6.45, 7) is 4.20. The summed E-state index contributed by atoms with van der Waals surface area (Å²) in [6, 6.07) is 7.92. The Bertz CT molecular complexity index is 867. The van der Waals surface area contributed by atoms with Gasteiger partial charge in [0.15, 0.2) is 0 Å². The zero-order valence-electron chi connectivity index (χ0n) is 15.3. The molecule has 0 aliphatic carbocycles. The predicted octanol–water partition coefficient (Wildman–Crippen LogP) is 1.82. The molecule has 8 nitrogen and oxygen atoms in total. The maximum atomic E-state index is 5.42. The Morgan fingerprint density at radius 1 is 1.07 bits per heavy atom. The molecule has 0 aromatic carbocycles. The van der Waals surface area contributed by atoms with E-state index in [1.54, 1.807) is 25.7 Å². The third-order valence-electron chi connectivity index (χ3n) is 4.69. The highest BCUT2D eigenvalue weighted by molar-refractivity contribution is 5.25. The molecule has 0 fully saturated rings. The van der Waals surface area contributed by atoms with Crippen molar-refractivity contribution in [2.45, 2.75) is 19.6 Å². The standard InChI is InChI=1S/C19H23N7O/c1-27-18-16(4-2-6-20-18)13-25-11-15(10-23-19-21-7-3-8-22-19)12-26-17(14-25)5-9-24-26/h2-9,15H,10-14H2,1H3,(H,21,22,23)/t15-/m0/s1. The van der Waals surface area contributed by atoms with Crippen molar-refractivity contribution in [2.24, 2.45) is 5.92 Å². The molecule has 1 N–H and O–H groups in total. The lowest BCUT2D eigenvalue weighted by atomic mass is 10.1. The number of pyridine rings is 1. The lowest BCUT2D eigenvalue weighted by Gasteiger charge is -2.24. The number of hydrogen-bond acceptors (Lipinski definition) is 7. The van der Waals surface area contributed by atoms with E-state index in [9.17, 15) is 0 Å². The molecule has 0 amide bonds. The van der Waals surface area contributed by atoms with E-state index in [2.05, 4.69) is 47.1 Å². The number of nitrogens with zero attached hydrogens (tertiary/aromatic N) is 6. The average Bonchev–Trinajstić information content (AvgIpc) is 3.06. The average molecular weight is 365 g/mol. The number of aromatic nitrogens is 5. The van der Waals surface area contributed by atoms with Gasteiger partial charge in [0.05, 0.1) is 12.8 Å². The van der Waals surface area contributed by atoms with Crippen LogP contribution in [-0.4, -0.2) is 49.8 Å². The molecule has 140 valence electrons. The van der Waals surface area contributed by atoms with Gasteiger partial charge in [-0.25, -0.2) is 15.0 Å². The van der Waals surface area contributed by atoms with Gasteiger partial charge in [0.2, 0.25) is 11.8 Å². The highest BCUT2D eigenvalue weighted by atomic mass is 16.5. The number of fused-ring (bicyclic) bond motifs is 1. The van der Waals surface area contributed by atoms with E-state index < -0.39 is 0 Å². The van der Waals surface area contributed by atoms with E-state index in [0.717, 1.165) is 38.3 Å². The van der Waals surface area contributed by atoms with Gasteiger partial charge in [-0.1, -0.05) is 6.07 Å². The first-order chi connectivity index (χ1) is 13.3. The fourth-order valence-corrected chi connectivity index (χ4v) is 3.46. The summed E-state index contributed by atoms with van der Waals surface area (Å²) in [6.07, 6.45) is 7.12. The van der Waals surface area contributed by atoms with Crippen LogP contribution < -0.4 is 10.1 Å². The molecule has 0 spiro atoms. The number of rotatable bonds is 6. The molecule has 27 heavy (non-hydrogen) atoms. The predicted molar refractivity (Wildman–Crippen MR) is 101 cm³/mol. The van der Waals surface area contributed by atoms with E-state index in [1.165, 1.54) is 5.69 Å². The second-order valence-corrected chi connectivity index (χ2v) is 6.67. The fourth-order valence-electron chi connectivity index (χ4n) is 3.46. The molecule has 1 atom stereocenters. The second kappa shape index (κ2) is 8.13. The van der Waals surface area contributed by atoms with Gasteiger partial charge in [0.1, 0.15) is 0 Å². The second-order valence-electron chi connectivity index (χ2n) is 6.67. The van der Waals surface area contributed by atoms with Gasteiger partial charge in [0.25, 0.3) is 0 Å². The Balaban J connectivity index is 1.49. The van der Waals surface area contributed by atoms with E-state index in [1.807, 2.05) is 18.3 Å². The highest BCUT2D eigenvalue weighted by Gasteiger charge is 2.23. The van der Waals surface area contributed by atoms with Crippen molar-refractivity contribution >= 4 is 5.95 Å². The number of methoxy groups -OCH3 is 1. The smallest absolute Gasteiger partial charge is 0.222 e. The minimum Gasteiger partial charge on any atom is -0.481 e. The van der Waals surface area contributed by atoms with Crippen molar-refractivity contribution < 1.29 is 4.74 Å². The van der Waals surface area contributed by atoms with Crippen LogP contribution in [-0.2, 0) is 19.6 Å². The first-order valence-electron chi connectivity index (χ1n) is 9.03. The van der Waals surface area contributed by atoms with Crippen molar-refractivity contribution in [2.75, 3.05) is 25.5 Å². The van der Waals surface area contributed by atoms with Crippen LogP contribution >= 0.6 is 0 Å². The topological polar surface area (TPSA) is 81.0 Å². The molecule has 1 aliphatic rings. The Hall–Kier alpha value is -3.00. The van der Waals surface area contributed by atoms with Crippen LogP contribution in [0.3, 0.4) is 0 Å². The number of ether oxygens (including phenoxy) is 1. The van der Waals surface area contributed by atoms with Crippen LogP contribution in [0, 0.1) is 5.92 Å². The minimum absolute atomic E-state index is 0.373. The number of nitrogens with one attached hydrogen (secondary N) is 1. The molecular formula is C19H23N7O. The molecule has 3 aromatic heterocycles. The van der Waals surface area contributed by atoms with Crippen LogP contribution in [0.5, 0.6) is 5.88 Å². The van der Waals surface area contributed by atoms with Crippen LogP contribution in [0.2, 0.25) is 0 Å². The zero-order valence-corrected chi connectivity index (χ0v) is 15.3. The van der Waals surface area contributed by atoms with Crippen molar-refractivity contribution in [3.05, 3.63) is 60.3 Å². The SMILES string of the molecule is COc1ncccc1CN1Cc2ccnn2C[C@@H](CNc2ncccn2)C1. The van der Waals surface area contributed by atoms with Crippen LogP contribution in [0.15, 0.2) is 49.1 Å². The largest absolute Gasteiger partial charge is 0.481 e. The van der Waals surface area contributed by atoms with Gasteiger partial charge in [-0.3, -0.25) is 9.58 Å². The summed E-state index contributed by atoms with van der Waals surface area (Å²) in [4.78, 5) is 15.2. The monoisotopic (exact) mass is 365 g/mol. The van der Waals surface area contributed by atoms with Gasteiger partial charge in [0, 0.05) is 69.0 Å². The van der Waals surface area contributed by atoms with Gasteiger partial charge in [-0.15, -0.1) is 0 Å². The van der Waals surface area contributed by atoms with Gasteiger partial charge in [-0.05, 0) is 18.2 Å². The van der Waals surface area contributed by atoms with Crippen molar-refractivity contribution in [1.29, 1.82) is 0 Å². The quantitative estimate of drug-likeness (QED) is 0.713. The summed E-state index contributed by atoms with van der Waals surface area (Å²) in [5.41, 5.74) is 2.31. The molecule has 8 heteroatoms. The summed E-state index contributed by atoms with van der Waals surface area (Å²) in [7, 11) is 1.66. The molecule has 0 unspecified atom stereocenters. The molecule has 4 rings (SSSR count). The number of hydrogen-bond donors (Lipinski definition) is 1. The molecule has 0 saturated heterocycles. The Labute approximate surface area is 158 Å². The Morgan fingerprint density at radius 2 is 1.93 bits per heavy atom. The van der Waals surface area contributed by atoms with Crippen molar-refractivity contribution in [3.8, 4) is 5.88 Å². The summed E-state index contributed by atoms with van der Waals surface area (Å²) in [5.74, 6) is 1.71. The fraction of sp³-hybridized carbons (Fsp3) is 0.368. The summed E-state index contributed by atoms with van der Waals surface area (Å²) < 4.78 is 7.52. The van der Waals surface area contributed by atoms with Crippen LogP contribution in [0.1, 0.15) is 11.3 Å². The van der Waals surface area contributed by atoms with E-state index in [4.69, 9.17) is 4.74 Å². The van der Waals surface area contributed by atoms with Crippen molar-refractivity contribution in [3.63, 3.8) is 0 Å². The van der Waals surface area contributed by atoms with Gasteiger partial charge >= 0.3 is 0 Å². The van der Waals surface area contributed by atoms with Gasteiger partial charge in [-0.2, -0.15) is 5.10 Å². The molecule has 0 bridgehead atoms. The number of anilines is 1. The third-order valence-corrected chi connectivity index (χ3v) is 4.69. The molecule has 4 heterocycles. The van der Waals surface area contributed by atoms with E-state index >= 15 is 0 Å². The van der Waals surface area contributed by atoms with Crippen molar-refractivity contribution in [1.82, 2.24) is 29.6 Å². The first kappa shape index (κ1) is 17.4. The maximum absolute atomic E-state index is 5.42. The summed E-state index contributed by atoms with van der Waals surface area (Å²) >= 11 is 0. The molecular weight excluding hydrogens is 342 g/mol. The molecule has 0 radical (unpaired) electrons. The zero-order chi connectivity index (χ0) is 18.5. The normalized spacial score (nSPS) is 17.1. The lowest BCUT2D eigenvalue weighted by molar-refractivity contribution is 0.222. The maximum Gasteiger partial charge on any atom is 0.222 e. The van der Waals surface area contributed by atoms with Crippen LogP contribution in [0.4, 0.5) is 5.95 Å². The Kier molecular flexibility index (Phi) is 5.24. The third kappa shape index (κ3) is 4.22. The van der Waals surface area contributed by atoms with E-state index in [0.29, 0.717) is 17.7 Å². The summed E-state index contributed by atoms with van der Waals surface area (Å²) in [5, 5.41) is 7.84. The molecule has 1 aliphatic heterocycles. The molecule has 3 aromatic rings. The lowest BCUT2D eigenvalue weighted by Crippen LogP contribution is -2.31. The van der Waals surface area contributed by atoms with Crippen LogP contribution in [0.25, 0.3) is 0 Å². The Morgan fingerprint density at radius 3 is 2.78 bits per heavy atom. The molecule has 0 saturated carbocycles. The first-order valence-corrected chi connectivity index (χ1v) is 9.03. The minimum atomic E-state index is 0.373. The van der Waals surface area contributed by atoms with Gasteiger partial charge < -0.3 is 10.1 Å². The van der Waals surface area contributed by atoms with E-state index in [-0.39, 0.29) is 0 Å². The highest BCUT2D eigenvalue weighted by Crippen LogP contribution is 2.21.